The highest BCUT2D eigenvalue weighted by Gasteiger charge is 2.07. The molecule has 0 aliphatic carbocycles. The van der Waals surface area contributed by atoms with Crippen LogP contribution in [0, 0.1) is 6.92 Å². The smallest absolute Gasteiger partial charge is 0.0396 e. The summed E-state index contributed by atoms with van der Waals surface area (Å²) < 4.78 is 0. The summed E-state index contributed by atoms with van der Waals surface area (Å²) in [5.41, 5.74) is 9.62. The Hall–Kier alpha value is -1.02. The van der Waals surface area contributed by atoms with E-state index in [4.69, 9.17) is 5.73 Å². The van der Waals surface area contributed by atoms with Crippen LogP contribution in [0.15, 0.2) is 18.2 Å². The predicted octanol–water partition coefficient (Wildman–Crippen LogP) is 2.90. The summed E-state index contributed by atoms with van der Waals surface area (Å²) >= 11 is 0. The number of aryl methyl sites for hydroxylation is 1. The SMILES string of the molecule is Cc1ccc(C(C)C)cc1N(C)CCCN. The first-order chi connectivity index (χ1) is 7.56. The van der Waals surface area contributed by atoms with Gasteiger partial charge in [0.1, 0.15) is 0 Å². The molecule has 0 saturated carbocycles. The molecule has 0 aliphatic heterocycles. The Labute approximate surface area is 99.5 Å². The Kier molecular flexibility index (Phi) is 4.81. The van der Waals surface area contributed by atoms with Gasteiger partial charge in [-0.3, -0.25) is 0 Å². The van der Waals surface area contributed by atoms with E-state index in [1.54, 1.807) is 0 Å². The molecule has 0 fully saturated rings. The van der Waals surface area contributed by atoms with Crippen molar-refractivity contribution in [2.45, 2.75) is 33.1 Å². The topological polar surface area (TPSA) is 29.3 Å². The molecule has 2 heteroatoms. The summed E-state index contributed by atoms with van der Waals surface area (Å²) in [6.45, 7) is 8.41. The maximum absolute atomic E-state index is 5.54. The lowest BCUT2D eigenvalue weighted by Crippen LogP contribution is -2.22. The number of anilines is 1. The quantitative estimate of drug-likeness (QED) is 0.826. The Morgan fingerprint density at radius 2 is 2.00 bits per heavy atom. The van der Waals surface area contributed by atoms with Crippen LogP contribution >= 0.6 is 0 Å². The first-order valence-electron chi connectivity index (χ1n) is 6.08. The molecule has 0 spiro atoms. The van der Waals surface area contributed by atoms with Crippen LogP contribution in [-0.2, 0) is 0 Å². The van der Waals surface area contributed by atoms with Gasteiger partial charge in [0.2, 0.25) is 0 Å². The van der Waals surface area contributed by atoms with Crippen molar-refractivity contribution in [1.29, 1.82) is 0 Å². The molecule has 2 N–H and O–H groups in total. The van der Waals surface area contributed by atoms with Gasteiger partial charge in [0, 0.05) is 19.3 Å². The van der Waals surface area contributed by atoms with Gasteiger partial charge in [-0.15, -0.1) is 0 Å². The summed E-state index contributed by atoms with van der Waals surface area (Å²) in [4.78, 5) is 2.30. The molecule has 1 rings (SSSR count). The van der Waals surface area contributed by atoms with Crippen molar-refractivity contribution in [2.24, 2.45) is 5.73 Å². The number of hydrogen-bond donors (Lipinski definition) is 1. The van der Waals surface area contributed by atoms with E-state index < -0.39 is 0 Å². The Morgan fingerprint density at radius 3 is 2.56 bits per heavy atom. The molecule has 2 nitrogen and oxygen atoms in total. The molecular formula is C14H24N2. The molecule has 0 bridgehead atoms. The second-order valence-electron chi connectivity index (χ2n) is 4.76. The monoisotopic (exact) mass is 220 g/mol. The number of nitrogens with zero attached hydrogens (tertiary/aromatic N) is 1. The minimum Gasteiger partial charge on any atom is -0.374 e. The Balaban J connectivity index is 2.88. The molecular weight excluding hydrogens is 196 g/mol. The van der Waals surface area contributed by atoms with E-state index in [2.05, 4.69) is 50.9 Å². The highest BCUT2D eigenvalue weighted by molar-refractivity contribution is 5.54. The molecule has 0 radical (unpaired) electrons. The van der Waals surface area contributed by atoms with Gasteiger partial charge >= 0.3 is 0 Å². The van der Waals surface area contributed by atoms with E-state index in [1.807, 2.05) is 0 Å². The van der Waals surface area contributed by atoms with Gasteiger partial charge < -0.3 is 10.6 Å². The molecule has 0 aromatic heterocycles. The first kappa shape index (κ1) is 13.0. The van der Waals surface area contributed by atoms with Crippen LogP contribution in [0.25, 0.3) is 0 Å². The minimum absolute atomic E-state index is 0.585. The van der Waals surface area contributed by atoms with Crippen molar-refractivity contribution in [3.8, 4) is 0 Å². The maximum Gasteiger partial charge on any atom is 0.0396 e. The van der Waals surface area contributed by atoms with E-state index in [1.165, 1.54) is 16.8 Å². The second-order valence-corrected chi connectivity index (χ2v) is 4.76. The second kappa shape index (κ2) is 5.90. The third-order valence-electron chi connectivity index (χ3n) is 3.01. The average Bonchev–Trinajstić information content (AvgIpc) is 2.26. The summed E-state index contributed by atoms with van der Waals surface area (Å²) in [6, 6.07) is 6.74. The van der Waals surface area contributed by atoms with Crippen molar-refractivity contribution >= 4 is 5.69 Å². The Bertz CT molecular complexity index is 332. The van der Waals surface area contributed by atoms with E-state index in [-0.39, 0.29) is 0 Å². The lowest BCUT2D eigenvalue weighted by molar-refractivity contribution is 0.790. The largest absolute Gasteiger partial charge is 0.374 e. The summed E-state index contributed by atoms with van der Waals surface area (Å²) in [5, 5.41) is 0. The lowest BCUT2D eigenvalue weighted by atomic mass is 10.0. The zero-order chi connectivity index (χ0) is 12.1. The number of benzene rings is 1. The van der Waals surface area contributed by atoms with Gasteiger partial charge in [-0.1, -0.05) is 26.0 Å². The van der Waals surface area contributed by atoms with Gasteiger partial charge in [-0.2, -0.15) is 0 Å². The lowest BCUT2D eigenvalue weighted by Gasteiger charge is -2.22. The molecule has 0 saturated heterocycles. The van der Waals surface area contributed by atoms with Crippen LogP contribution in [0.5, 0.6) is 0 Å². The van der Waals surface area contributed by atoms with Gasteiger partial charge in [0.15, 0.2) is 0 Å². The van der Waals surface area contributed by atoms with Crippen LogP contribution in [0.1, 0.15) is 37.3 Å². The van der Waals surface area contributed by atoms with Crippen LogP contribution < -0.4 is 10.6 Å². The molecule has 1 aromatic rings. The third kappa shape index (κ3) is 3.24. The van der Waals surface area contributed by atoms with Crippen molar-refractivity contribution in [1.82, 2.24) is 0 Å². The summed E-state index contributed by atoms with van der Waals surface area (Å²) in [5.74, 6) is 0.585. The van der Waals surface area contributed by atoms with Gasteiger partial charge in [0.05, 0.1) is 0 Å². The van der Waals surface area contributed by atoms with E-state index in [0.717, 1.165) is 19.5 Å². The van der Waals surface area contributed by atoms with Crippen LogP contribution in [0.2, 0.25) is 0 Å². The zero-order valence-corrected chi connectivity index (χ0v) is 11.0. The number of nitrogens with two attached hydrogens (primary N) is 1. The maximum atomic E-state index is 5.54. The molecule has 0 heterocycles. The van der Waals surface area contributed by atoms with Crippen molar-refractivity contribution in [3.05, 3.63) is 29.3 Å². The Morgan fingerprint density at radius 1 is 1.31 bits per heavy atom. The van der Waals surface area contributed by atoms with Crippen molar-refractivity contribution < 1.29 is 0 Å². The van der Waals surface area contributed by atoms with Crippen LogP contribution in [-0.4, -0.2) is 20.1 Å². The molecule has 0 aliphatic rings. The first-order valence-corrected chi connectivity index (χ1v) is 6.08. The zero-order valence-electron chi connectivity index (χ0n) is 11.0. The molecule has 90 valence electrons. The molecule has 1 aromatic carbocycles. The fraction of sp³-hybridized carbons (Fsp3) is 0.571. The fourth-order valence-electron chi connectivity index (χ4n) is 1.85. The van der Waals surface area contributed by atoms with Crippen LogP contribution in [0.4, 0.5) is 5.69 Å². The average molecular weight is 220 g/mol. The molecule has 0 atom stereocenters. The van der Waals surface area contributed by atoms with Crippen molar-refractivity contribution in [3.63, 3.8) is 0 Å². The third-order valence-corrected chi connectivity index (χ3v) is 3.01. The minimum atomic E-state index is 0.585. The standard InChI is InChI=1S/C14H24N2/c1-11(2)13-7-6-12(3)14(10-13)16(4)9-5-8-15/h6-7,10-11H,5,8-9,15H2,1-4H3. The van der Waals surface area contributed by atoms with Crippen LogP contribution in [0.3, 0.4) is 0 Å². The predicted molar refractivity (Wildman–Crippen MR) is 72.2 cm³/mol. The normalized spacial score (nSPS) is 10.9. The molecule has 0 amide bonds. The van der Waals surface area contributed by atoms with Crippen molar-refractivity contribution in [2.75, 3.05) is 25.0 Å². The number of rotatable bonds is 5. The van der Waals surface area contributed by atoms with Gasteiger partial charge in [-0.05, 0) is 43.0 Å². The highest BCUT2D eigenvalue weighted by Crippen LogP contribution is 2.24. The van der Waals surface area contributed by atoms with E-state index in [0.29, 0.717) is 5.92 Å². The van der Waals surface area contributed by atoms with Gasteiger partial charge in [0.25, 0.3) is 0 Å². The number of hydrogen-bond acceptors (Lipinski definition) is 2. The summed E-state index contributed by atoms with van der Waals surface area (Å²) in [6.07, 6.45) is 1.04. The van der Waals surface area contributed by atoms with E-state index in [9.17, 15) is 0 Å². The van der Waals surface area contributed by atoms with Gasteiger partial charge in [-0.25, -0.2) is 0 Å². The summed E-state index contributed by atoms with van der Waals surface area (Å²) in [7, 11) is 2.14. The molecule has 16 heavy (non-hydrogen) atoms. The highest BCUT2D eigenvalue weighted by atomic mass is 15.1. The molecule has 0 unspecified atom stereocenters. The fourth-order valence-corrected chi connectivity index (χ4v) is 1.85. The van der Waals surface area contributed by atoms with E-state index >= 15 is 0 Å².